The molecule has 0 saturated carbocycles. The Kier molecular flexibility index (Phi) is 4.59. The van der Waals surface area contributed by atoms with E-state index >= 15 is 0 Å². The maximum atomic E-state index is 6.21. The number of hydrazine groups is 1. The van der Waals surface area contributed by atoms with Crippen LogP contribution in [0.15, 0.2) is 12.1 Å². The summed E-state index contributed by atoms with van der Waals surface area (Å²) in [4.78, 5) is 2.17. The molecule has 1 unspecified atom stereocenters. The van der Waals surface area contributed by atoms with Crippen molar-refractivity contribution in [2.75, 3.05) is 20.7 Å². The van der Waals surface area contributed by atoms with Crippen LogP contribution in [0.25, 0.3) is 0 Å². The molecule has 1 atom stereocenters. The molecule has 2 rings (SSSR count). The molecule has 1 heterocycles. The molecule has 0 fully saturated rings. The number of hydrogen-bond donors (Lipinski definition) is 2. The van der Waals surface area contributed by atoms with Crippen molar-refractivity contribution in [2.45, 2.75) is 38.3 Å². The molecule has 5 heteroatoms. The van der Waals surface area contributed by atoms with Crippen molar-refractivity contribution in [3.05, 3.63) is 28.3 Å². The Morgan fingerprint density at radius 2 is 2.15 bits per heavy atom. The van der Waals surface area contributed by atoms with Crippen LogP contribution in [0.2, 0.25) is 5.02 Å². The predicted molar refractivity (Wildman–Crippen MR) is 83.2 cm³/mol. The van der Waals surface area contributed by atoms with Gasteiger partial charge in [0.2, 0.25) is 0 Å². The van der Waals surface area contributed by atoms with E-state index in [-0.39, 0.29) is 11.6 Å². The summed E-state index contributed by atoms with van der Waals surface area (Å²) in [5.41, 5.74) is 5.19. The van der Waals surface area contributed by atoms with E-state index in [2.05, 4.69) is 38.3 Å². The second-order valence-electron chi connectivity index (χ2n) is 6.12. The fraction of sp³-hybridized carbons (Fsp3) is 0.600. The maximum Gasteiger partial charge on any atom is 0.125 e. The molecule has 3 N–H and O–H groups in total. The van der Waals surface area contributed by atoms with Gasteiger partial charge in [0.15, 0.2) is 0 Å². The third-order valence-electron chi connectivity index (χ3n) is 4.46. The molecule has 0 aliphatic carbocycles. The van der Waals surface area contributed by atoms with Crippen molar-refractivity contribution in [1.82, 2.24) is 10.3 Å². The average Bonchev–Trinajstić information content (AvgIpc) is 2.83. The van der Waals surface area contributed by atoms with Gasteiger partial charge in [0, 0.05) is 23.0 Å². The van der Waals surface area contributed by atoms with Gasteiger partial charge in [-0.25, -0.2) is 0 Å². The summed E-state index contributed by atoms with van der Waals surface area (Å²) in [5.74, 6) is 6.77. The Labute approximate surface area is 126 Å². The highest BCUT2D eigenvalue weighted by atomic mass is 35.5. The first-order chi connectivity index (χ1) is 9.36. The number of nitrogens with zero attached hydrogens (tertiary/aromatic N) is 1. The smallest absolute Gasteiger partial charge is 0.125 e. The van der Waals surface area contributed by atoms with Gasteiger partial charge < -0.3 is 9.64 Å². The van der Waals surface area contributed by atoms with Gasteiger partial charge in [0.1, 0.15) is 5.75 Å². The SMILES string of the molecule is CN(C)C(C)(C)C(Cc1cc(Cl)cc2c1OCC2)NN. The molecule has 0 bridgehead atoms. The van der Waals surface area contributed by atoms with E-state index in [0.29, 0.717) is 0 Å². The van der Waals surface area contributed by atoms with Gasteiger partial charge in [0.05, 0.1) is 6.61 Å². The van der Waals surface area contributed by atoms with Crippen molar-refractivity contribution in [3.8, 4) is 5.75 Å². The van der Waals surface area contributed by atoms with Gasteiger partial charge in [-0.15, -0.1) is 0 Å². The molecular formula is C15H24ClN3O. The predicted octanol–water partition coefficient (Wildman–Crippen LogP) is 1.99. The maximum absolute atomic E-state index is 6.21. The Bertz CT molecular complexity index is 488. The summed E-state index contributed by atoms with van der Waals surface area (Å²) in [7, 11) is 4.12. The topological polar surface area (TPSA) is 50.5 Å². The molecule has 1 aliphatic rings. The van der Waals surface area contributed by atoms with Gasteiger partial charge in [-0.05, 0) is 57.6 Å². The lowest BCUT2D eigenvalue weighted by atomic mass is 9.88. The summed E-state index contributed by atoms with van der Waals surface area (Å²) in [6.07, 6.45) is 1.71. The minimum Gasteiger partial charge on any atom is -0.493 e. The highest BCUT2D eigenvalue weighted by Crippen LogP contribution is 2.34. The quantitative estimate of drug-likeness (QED) is 0.645. The number of nitrogens with one attached hydrogen (secondary N) is 1. The highest BCUT2D eigenvalue weighted by Gasteiger charge is 2.32. The Morgan fingerprint density at radius 3 is 2.75 bits per heavy atom. The third-order valence-corrected chi connectivity index (χ3v) is 4.67. The number of halogens is 1. The van der Waals surface area contributed by atoms with E-state index in [1.165, 1.54) is 5.56 Å². The molecule has 4 nitrogen and oxygen atoms in total. The molecular weight excluding hydrogens is 274 g/mol. The monoisotopic (exact) mass is 297 g/mol. The zero-order chi connectivity index (χ0) is 14.9. The number of hydrogen-bond acceptors (Lipinski definition) is 4. The second kappa shape index (κ2) is 5.90. The van der Waals surface area contributed by atoms with Crippen molar-refractivity contribution < 1.29 is 4.74 Å². The largest absolute Gasteiger partial charge is 0.493 e. The van der Waals surface area contributed by atoms with E-state index < -0.39 is 0 Å². The van der Waals surface area contributed by atoms with Crippen LogP contribution in [-0.2, 0) is 12.8 Å². The Balaban J connectivity index is 2.29. The Hall–Kier alpha value is -0.810. The first-order valence-corrected chi connectivity index (χ1v) is 7.31. The molecule has 0 aromatic heterocycles. The number of benzene rings is 1. The van der Waals surface area contributed by atoms with Crippen LogP contribution in [-0.4, -0.2) is 37.2 Å². The van der Waals surface area contributed by atoms with Crippen molar-refractivity contribution in [1.29, 1.82) is 0 Å². The molecule has 0 radical (unpaired) electrons. The molecule has 1 aliphatic heterocycles. The molecule has 0 amide bonds. The van der Waals surface area contributed by atoms with E-state index in [4.69, 9.17) is 22.2 Å². The van der Waals surface area contributed by atoms with Crippen LogP contribution < -0.4 is 16.0 Å². The first kappa shape index (κ1) is 15.6. The van der Waals surface area contributed by atoms with Gasteiger partial charge in [0.25, 0.3) is 0 Å². The van der Waals surface area contributed by atoms with Crippen LogP contribution in [0.4, 0.5) is 0 Å². The fourth-order valence-corrected chi connectivity index (χ4v) is 2.81. The number of likely N-dealkylation sites (N-methyl/N-ethyl adjacent to an activating group) is 1. The summed E-state index contributed by atoms with van der Waals surface area (Å²) >= 11 is 6.21. The van der Waals surface area contributed by atoms with E-state index in [1.54, 1.807) is 0 Å². The van der Waals surface area contributed by atoms with Gasteiger partial charge >= 0.3 is 0 Å². The first-order valence-electron chi connectivity index (χ1n) is 6.94. The van der Waals surface area contributed by atoms with Crippen molar-refractivity contribution in [3.63, 3.8) is 0 Å². The van der Waals surface area contributed by atoms with Crippen LogP contribution in [0, 0.1) is 0 Å². The summed E-state index contributed by atoms with van der Waals surface area (Å²) in [5, 5.41) is 0.766. The summed E-state index contributed by atoms with van der Waals surface area (Å²) in [6, 6.07) is 4.08. The molecule has 0 spiro atoms. The van der Waals surface area contributed by atoms with Gasteiger partial charge in [-0.3, -0.25) is 11.3 Å². The van der Waals surface area contributed by atoms with Gasteiger partial charge in [-0.2, -0.15) is 0 Å². The van der Waals surface area contributed by atoms with Crippen LogP contribution in [0.1, 0.15) is 25.0 Å². The zero-order valence-electron chi connectivity index (χ0n) is 12.7. The van der Waals surface area contributed by atoms with Crippen LogP contribution in [0.5, 0.6) is 5.75 Å². The molecule has 20 heavy (non-hydrogen) atoms. The second-order valence-corrected chi connectivity index (χ2v) is 6.56. The lowest BCUT2D eigenvalue weighted by molar-refractivity contribution is 0.137. The zero-order valence-corrected chi connectivity index (χ0v) is 13.4. The molecule has 1 aromatic rings. The number of fused-ring (bicyclic) bond motifs is 1. The average molecular weight is 298 g/mol. The molecule has 112 valence electrons. The van der Waals surface area contributed by atoms with Crippen LogP contribution >= 0.6 is 11.6 Å². The molecule has 1 aromatic carbocycles. The normalized spacial score (nSPS) is 16.1. The third kappa shape index (κ3) is 2.93. The minimum atomic E-state index is -0.0808. The lowest BCUT2D eigenvalue weighted by Crippen LogP contribution is -2.58. The lowest BCUT2D eigenvalue weighted by Gasteiger charge is -2.40. The van der Waals surface area contributed by atoms with Crippen LogP contribution in [0.3, 0.4) is 0 Å². The molecule has 0 saturated heterocycles. The van der Waals surface area contributed by atoms with E-state index in [1.807, 2.05) is 12.1 Å². The standard InChI is InChI=1S/C15H24ClN3O/c1-15(2,19(3)4)13(18-17)9-11-8-12(16)7-10-5-6-20-14(10)11/h7-8,13,18H,5-6,9,17H2,1-4H3. The summed E-state index contributed by atoms with van der Waals surface area (Å²) < 4.78 is 5.76. The fourth-order valence-electron chi connectivity index (χ4n) is 2.54. The number of rotatable bonds is 5. The number of nitrogens with two attached hydrogens (primary N) is 1. The van der Waals surface area contributed by atoms with E-state index in [9.17, 15) is 0 Å². The highest BCUT2D eigenvalue weighted by molar-refractivity contribution is 6.30. The minimum absolute atomic E-state index is 0.0808. The number of ether oxygens (including phenoxy) is 1. The van der Waals surface area contributed by atoms with Gasteiger partial charge in [-0.1, -0.05) is 11.6 Å². The van der Waals surface area contributed by atoms with Crippen molar-refractivity contribution >= 4 is 11.6 Å². The van der Waals surface area contributed by atoms with E-state index in [0.717, 1.165) is 35.8 Å². The summed E-state index contributed by atoms with van der Waals surface area (Å²) in [6.45, 7) is 5.08. The van der Waals surface area contributed by atoms with Crippen molar-refractivity contribution in [2.24, 2.45) is 5.84 Å². The Morgan fingerprint density at radius 1 is 1.45 bits per heavy atom.